The van der Waals surface area contributed by atoms with Gasteiger partial charge in [0, 0.05) is 10.9 Å². The van der Waals surface area contributed by atoms with Gasteiger partial charge in [-0.2, -0.15) is 0 Å². The Morgan fingerprint density at radius 1 is 1.47 bits per heavy atom. The number of ether oxygens (including phenoxy) is 1. The number of benzene rings is 1. The summed E-state index contributed by atoms with van der Waals surface area (Å²) in [6, 6.07) is 5.54. The van der Waals surface area contributed by atoms with Crippen LogP contribution in [0.3, 0.4) is 0 Å². The van der Waals surface area contributed by atoms with E-state index in [0.29, 0.717) is 36.8 Å². The average Bonchev–Trinajstić information content (AvgIpc) is 3.11. The third kappa shape index (κ3) is 3.54. The Kier molecular flexibility index (Phi) is 4.18. The Balaban J connectivity index is 2.13. The zero-order valence-electron chi connectivity index (χ0n) is 9.62. The second-order valence-corrected chi connectivity index (χ2v) is 5.27. The first-order chi connectivity index (χ1) is 8.20. The largest absolute Gasteiger partial charge is 0.493 e. The van der Waals surface area contributed by atoms with E-state index in [0.717, 1.165) is 4.47 Å². The maximum atomic E-state index is 11.9. The van der Waals surface area contributed by atoms with Crippen molar-refractivity contribution in [2.45, 2.75) is 19.3 Å². The highest BCUT2D eigenvalue weighted by molar-refractivity contribution is 9.10. The number of hydrogen-bond donors (Lipinski definition) is 1. The predicted octanol–water partition coefficient (Wildman–Crippen LogP) is 2.77. The number of halogens is 1. The normalized spacial score (nSPS) is 14.7. The van der Waals surface area contributed by atoms with Crippen molar-refractivity contribution in [1.29, 1.82) is 0 Å². The van der Waals surface area contributed by atoms with E-state index in [1.54, 1.807) is 6.07 Å². The molecule has 1 aliphatic carbocycles. The lowest BCUT2D eigenvalue weighted by Gasteiger charge is -2.10. The third-order valence-corrected chi connectivity index (χ3v) is 3.28. The van der Waals surface area contributed by atoms with Crippen LogP contribution in [0.15, 0.2) is 22.7 Å². The van der Waals surface area contributed by atoms with Crippen LogP contribution in [0.4, 0.5) is 0 Å². The molecule has 0 saturated heterocycles. The van der Waals surface area contributed by atoms with Gasteiger partial charge >= 0.3 is 0 Å². The van der Waals surface area contributed by atoms with Crippen LogP contribution in [-0.2, 0) is 0 Å². The molecule has 17 heavy (non-hydrogen) atoms. The molecule has 3 nitrogen and oxygen atoms in total. The van der Waals surface area contributed by atoms with E-state index in [-0.39, 0.29) is 5.78 Å². The van der Waals surface area contributed by atoms with Crippen LogP contribution in [-0.4, -0.2) is 18.9 Å². The fourth-order valence-electron chi connectivity index (χ4n) is 1.60. The standard InChI is InChI=1S/C13H16BrNO2/c14-10-3-4-13(17-8-9-1-2-9)11(7-10)12(16)5-6-15/h3-4,7,9H,1-2,5-6,8,15H2. The quantitative estimate of drug-likeness (QED) is 0.822. The minimum Gasteiger partial charge on any atom is -0.493 e. The molecule has 1 aliphatic rings. The summed E-state index contributed by atoms with van der Waals surface area (Å²) in [6.45, 7) is 1.08. The van der Waals surface area contributed by atoms with E-state index in [9.17, 15) is 4.79 Å². The fraction of sp³-hybridized carbons (Fsp3) is 0.462. The third-order valence-electron chi connectivity index (χ3n) is 2.78. The lowest BCUT2D eigenvalue weighted by Crippen LogP contribution is -2.10. The molecule has 0 spiro atoms. The average molecular weight is 298 g/mol. The number of carbonyl (C=O) groups is 1. The smallest absolute Gasteiger partial charge is 0.167 e. The summed E-state index contributed by atoms with van der Waals surface area (Å²) in [5.74, 6) is 1.40. The van der Waals surface area contributed by atoms with Crippen molar-refractivity contribution in [2.75, 3.05) is 13.2 Å². The fourth-order valence-corrected chi connectivity index (χ4v) is 1.96. The van der Waals surface area contributed by atoms with Crippen LogP contribution in [0.2, 0.25) is 0 Å². The van der Waals surface area contributed by atoms with E-state index in [1.165, 1.54) is 12.8 Å². The van der Waals surface area contributed by atoms with Gasteiger partial charge in [-0.25, -0.2) is 0 Å². The van der Waals surface area contributed by atoms with Crippen molar-refractivity contribution in [3.8, 4) is 5.75 Å². The molecule has 1 saturated carbocycles. The van der Waals surface area contributed by atoms with Crippen molar-refractivity contribution < 1.29 is 9.53 Å². The maximum absolute atomic E-state index is 11.9. The zero-order chi connectivity index (χ0) is 12.3. The summed E-state index contributed by atoms with van der Waals surface area (Å²) in [5.41, 5.74) is 6.04. The Hall–Kier alpha value is -0.870. The molecule has 2 N–H and O–H groups in total. The SMILES string of the molecule is NCCC(=O)c1cc(Br)ccc1OCC1CC1. The first-order valence-electron chi connectivity index (χ1n) is 5.86. The van der Waals surface area contributed by atoms with Crippen molar-refractivity contribution in [1.82, 2.24) is 0 Å². The lowest BCUT2D eigenvalue weighted by molar-refractivity contribution is 0.0981. The Labute approximate surface area is 109 Å². The van der Waals surface area contributed by atoms with Crippen LogP contribution in [0.1, 0.15) is 29.6 Å². The Morgan fingerprint density at radius 2 is 2.24 bits per heavy atom. The summed E-state index contributed by atoms with van der Waals surface area (Å²) in [7, 11) is 0. The highest BCUT2D eigenvalue weighted by Gasteiger charge is 2.23. The topological polar surface area (TPSA) is 52.3 Å². The van der Waals surface area contributed by atoms with E-state index in [4.69, 9.17) is 10.5 Å². The van der Waals surface area contributed by atoms with Gasteiger partial charge < -0.3 is 10.5 Å². The molecule has 1 aromatic carbocycles. The molecular weight excluding hydrogens is 282 g/mol. The van der Waals surface area contributed by atoms with Gasteiger partial charge in [0.15, 0.2) is 5.78 Å². The number of carbonyl (C=O) groups excluding carboxylic acids is 1. The number of hydrogen-bond acceptors (Lipinski definition) is 3. The zero-order valence-corrected chi connectivity index (χ0v) is 11.2. The minimum absolute atomic E-state index is 0.0413. The van der Waals surface area contributed by atoms with E-state index < -0.39 is 0 Å². The van der Waals surface area contributed by atoms with Crippen LogP contribution in [0.5, 0.6) is 5.75 Å². The van der Waals surface area contributed by atoms with Gasteiger partial charge in [0.1, 0.15) is 5.75 Å². The molecule has 0 radical (unpaired) electrons. The molecule has 92 valence electrons. The van der Waals surface area contributed by atoms with Crippen molar-refractivity contribution >= 4 is 21.7 Å². The van der Waals surface area contributed by atoms with E-state index in [1.807, 2.05) is 12.1 Å². The van der Waals surface area contributed by atoms with Crippen LogP contribution >= 0.6 is 15.9 Å². The molecule has 1 aromatic rings. The van der Waals surface area contributed by atoms with Gasteiger partial charge in [-0.3, -0.25) is 4.79 Å². The molecule has 0 amide bonds. The highest BCUT2D eigenvalue weighted by atomic mass is 79.9. The van der Waals surface area contributed by atoms with Crippen LogP contribution in [0, 0.1) is 5.92 Å². The molecule has 0 unspecified atom stereocenters. The van der Waals surface area contributed by atoms with E-state index in [2.05, 4.69) is 15.9 Å². The van der Waals surface area contributed by atoms with Gasteiger partial charge in [-0.15, -0.1) is 0 Å². The first-order valence-corrected chi connectivity index (χ1v) is 6.65. The second kappa shape index (κ2) is 5.65. The summed E-state index contributed by atoms with van der Waals surface area (Å²) < 4.78 is 6.59. The summed E-state index contributed by atoms with van der Waals surface area (Å²) in [4.78, 5) is 11.9. The molecule has 0 aliphatic heterocycles. The molecule has 1 fully saturated rings. The summed E-state index contributed by atoms with van der Waals surface area (Å²) in [6.07, 6.45) is 2.83. The van der Waals surface area contributed by atoms with Gasteiger partial charge in [0.25, 0.3) is 0 Å². The van der Waals surface area contributed by atoms with Crippen molar-refractivity contribution in [2.24, 2.45) is 11.7 Å². The first kappa shape index (κ1) is 12.6. The lowest BCUT2D eigenvalue weighted by atomic mass is 10.1. The molecule has 4 heteroatoms. The van der Waals surface area contributed by atoms with Gasteiger partial charge in [-0.05, 0) is 43.5 Å². The highest BCUT2D eigenvalue weighted by Crippen LogP contribution is 2.31. The summed E-state index contributed by atoms with van der Waals surface area (Å²) in [5, 5.41) is 0. The molecular formula is C13H16BrNO2. The predicted molar refractivity (Wildman–Crippen MR) is 70.4 cm³/mol. The molecule has 0 heterocycles. The number of rotatable bonds is 6. The minimum atomic E-state index is 0.0413. The Bertz CT molecular complexity index is 416. The van der Waals surface area contributed by atoms with Crippen LogP contribution < -0.4 is 10.5 Å². The molecule has 2 rings (SSSR count). The molecule has 0 atom stereocenters. The number of Topliss-reactive ketones (excluding diaryl/α,β-unsaturated/α-hetero) is 1. The number of ketones is 1. The summed E-state index contributed by atoms with van der Waals surface area (Å²) >= 11 is 3.37. The second-order valence-electron chi connectivity index (χ2n) is 4.36. The molecule has 0 aromatic heterocycles. The van der Waals surface area contributed by atoms with Crippen molar-refractivity contribution in [3.05, 3.63) is 28.2 Å². The molecule has 0 bridgehead atoms. The maximum Gasteiger partial charge on any atom is 0.167 e. The van der Waals surface area contributed by atoms with Gasteiger partial charge in [0.05, 0.1) is 12.2 Å². The van der Waals surface area contributed by atoms with E-state index >= 15 is 0 Å². The van der Waals surface area contributed by atoms with Crippen LogP contribution in [0.25, 0.3) is 0 Å². The Morgan fingerprint density at radius 3 is 2.88 bits per heavy atom. The van der Waals surface area contributed by atoms with Gasteiger partial charge in [-0.1, -0.05) is 15.9 Å². The van der Waals surface area contributed by atoms with Gasteiger partial charge in [0.2, 0.25) is 0 Å². The number of nitrogens with two attached hydrogens (primary N) is 1. The monoisotopic (exact) mass is 297 g/mol. The van der Waals surface area contributed by atoms with Crippen molar-refractivity contribution in [3.63, 3.8) is 0 Å².